The number of benzene rings is 2. The Kier molecular flexibility index (Phi) is 10.9. The largest absolute Gasteiger partial charge is 0.490 e. The quantitative estimate of drug-likeness (QED) is 0.127. The molecule has 1 aromatic heterocycles. The summed E-state index contributed by atoms with van der Waals surface area (Å²) >= 11 is 2.03. The van der Waals surface area contributed by atoms with Crippen LogP contribution < -0.4 is 25.9 Å². The van der Waals surface area contributed by atoms with Gasteiger partial charge in [0, 0.05) is 18.3 Å². The molecule has 0 saturated carbocycles. The number of carbonyl (C=O) groups is 3. The Bertz CT molecular complexity index is 1250. The fraction of sp³-hybridized carbons (Fsp3) is 0.240. The molecule has 3 amide bonds. The van der Waals surface area contributed by atoms with Crippen LogP contribution in [0.15, 0.2) is 60.1 Å². The first-order chi connectivity index (χ1) is 18.4. The monoisotopic (exact) mass is 634 g/mol. The Labute approximate surface area is 232 Å². The van der Waals surface area contributed by atoms with E-state index in [-0.39, 0.29) is 19.6 Å². The molecule has 13 heteroatoms. The van der Waals surface area contributed by atoms with E-state index in [2.05, 4.69) is 25.8 Å². The van der Waals surface area contributed by atoms with E-state index in [1.807, 2.05) is 59.8 Å². The number of nitrogens with two attached hydrogens (primary N) is 1. The van der Waals surface area contributed by atoms with Crippen molar-refractivity contribution in [3.05, 3.63) is 75.4 Å². The van der Waals surface area contributed by atoms with E-state index in [1.165, 1.54) is 12.5 Å². The molecule has 1 atom stereocenters. The van der Waals surface area contributed by atoms with Crippen molar-refractivity contribution in [3.8, 4) is 11.5 Å². The molecular weight excluding hydrogens is 607 g/mol. The minimum Gasteiger partial charge on any atom is -0.490 e. The topological polar surface area (TPSA) is 170 Å². The molecule has 0 spiro atoms. The molecule has 0 bridgehead atoms. The van der Waals surface area contributed by atoms with Gasteiger partial charge in [-0.25, -0.2) is 15.2 Å². The van der Waals surface area contributed by atoms with Crippen LogP contribution >= 0.6 is 22.6 Å². The van der Waals surface area contributed by atoms with Crippen LogP contribution in [-0.4, -0.2) is 53.3 Å². The van der Waals surface area contributed by atoms with Crippen molar-refractivity contribution >= 4 is 46.7 Å². The Morgan fingerprint density at radius 1 is 1.21 bits per heavy atom. The lowest BCUT2D eigenvalue weighted by Gasteiger charge is -2.16. The van der Waals surface area contributed by atoms with Crippen LogP contribution in [-0.2, 0) is 27.4 Å². The number of rotatable bonds is 13. The Morgan fingerprint density at radius 2 is 2.00 bits per heavy atom. The lowest BCUT2D eigenvalue weighted by molar-refractivity contribution is -0.123. The highest BCUT2D eigenvalue weighted by Crippen LogP contribution is 2.33. The number of amides is 3. The minimum atomic E-state index is -0.987. The van der Waals surface area contributed by atoms with Gasteiger partial charge in [-0.15, -0.1) is 0 Å². The van der Waals surface area contributed by atoms with Gasteiger partial charge in [-0.1, -0.05) is 30.3 Å². The number of nitrogens with one attached hydrogen (secondary N) is 3. The average Bonchev–Trinajstić information content (AvgIpc) is 3.40. The number of halogens is 1. The third-order valence-electron chi connectivity index (χ3n) is 4.88. The normalized spacial score (nSPS) is 11.5. The number of aromatic nitrogens is 2. The minimum absolute atomic E-state index is 0.0587. The lowest BCUT2D eigenvalue weighted by Crippen LogP contribution is -2.47. The number of primary amides is 1. The van der Waals surface area contributed by atoms with E-state index in [9.17, 15) is 14.4 Å². The van der Waals surface area contributed by atoms with Crippen LogP contribution in [0.3, 0.4) is 0 Å². The van der Waals surface area contributed by atoms with Gasteiger partial charge in [0.15, 0.2) is 18.1 Å². The third-order valence-corrected chi connectivity index (χ3v) is 5.68. The summed E-state index contributed by atoms with van der Waals surface area (Å²) in [6.07, 6.45) is 3.84. The number of hydrazone groups is 1. The molecular formula is C25H27IN6O6. The number of carbonyl (C=O) groups excluding carboxylic acids is 3. The summed E-state index contributed by atoms with van der Waals surface area (Å²) in [6.45, 7) is 1.94. The zero-order chi connectivity index (χ0) is 27.3. The van der Waals surface area contributed by atoms with Crippen LogP contribution in [0.5, 0.6) is 11.5 Å². The zero-order valence-electron chi connectivity index (χ0n) is 20.5. The van der Waals surface area contributed by atoms with E-state index >= 15 is 0 Å². The molecule has 200 valence electrons. The average molecular weight is 634 g/mol. The molecule has 0 fully saturated rings. The molecule has 0 unspecified atom stereocenters. The number of nitrogens with zero attached hydrogens (tertiary/aromatic N) is 2. The first kappa shape index (κ1) is 28.4. The van der Waals surface area contributed by atoms with Crippen molar-refractivity contribution in [2.45, 2.75) is 26.0 Å². The van der Waals surface area contributed by atoms with Crippen LogP contribution in [0.25, 0.3) is 0 Å². The SMILES string of the molecule is CCOc1cc(/C=N\NC(=O)[C@H](Cc2cnc[nH]2)NC(=O)OCc2ccccc2)cc(I)c1OCC(N)=O. The molecule has 0 saturated heterocycles. The highest BCUT2D eigenvalue weighted by molar-refractivity contribution is 14.1. The van der Waals surface area contributed by atoms with E-state index in [0.717, 1.165) is 5.56 Å². The number of H-pyrrole nitrogens is 1. The van der Waals surface area contributed by atoms with Crippen LogP contribution in [0, 0.1) is 3.57 Å². The third kappa shape index (κ3) is 9.06. The number of aromatic amines is 1. The number of hydrogen-bond acceptors (Lipinski definition) is 8. The second-order valence-electron chi connectivity index (χ2n) is 7.79. The molecule has 2 aromatic carbocycles. The standard InChI is InChI=1S/C25H27IN6O6/c1-2-36-21-9-17(8-19(26)23(21)37-14-22(27)33)11-30-32-24(34)20(10-18-12-28-15-29-18)31-25(35)38-13-16-6-4-3-5-7-16/h3-9,11-12,15,20H,2,10,13-14H2,1H3,(H2,27,33)(H,28,29)(H,31,35)(H,32,34)/b30-11-/t20-/m0/s1. The highest BCUT2D eigenvalue weighted by Gasteiger charge is 2.22. The number of alkyl carbamates (subject to hydrolysis) is 1. The van der Waals surface area contributed by atoms with Gasteiger partial charge < -0.3 is 30.2 Å². The summed E-state index contributed by atoms with van der Waals surface area (Å²) in [4.78, 5) is 43.2. The van der Waals surface area contributed by atoms with Crippen molar-refractivity contribution < 1.29 is 28.6 Å². The van der Waals surface area contributed by atoms with Gasteiger partial charge in [0.25, 0.3) is 11.8 Å². The van der Waals surface area contributed by atoms with Crippen molar-refractivity contribution in [1.82, 2.24) is 20.7 Å². The summed E-state index contributed by atoms with van der Waals surface area (Å²) in [5, 5.41) is 6.59. The molecule has 0 radical (unpaired) electrons. The Hall–Kier alpha value is -4.14. The number of hydrogen-bond donors (Lipinski definition) is 4. The van der Waals surface area contributed by atoms with E-state index in [4.69, 9.17) is 19.9 Å². The van der Waals surface area contributed by atoms with Crippen LogP contribution in [0.2, 0.25) is 0 Å². The summed E-state index contributed by atoms with van der Waals surface area (Å²) in [5.41, 5.74) is 9.66. The first-order valence-electron chi connectivity index (χ1n) is 11.5. The maximum absolute atomic E-state index is 12.9. The molecule has 0 aliphatic heterocycles. The molecule has 0 aliphatic carbocycles. The molecule has 12 nitrogen and oxygen atoms in total. The number of ether oxygens (including phenoxy) is 3. The van der Waals surface area contributed by atoms with Crippen molar-refractivity contribution in [3.63, 3.8) is 0 Å². The van der Waals surface area contributed by atoms with Gasteiger partial charge in [-0.05, 0) is 52.8 Å². The Morgan fingerprint density at radius 3 is 2.68 bits per heavy atom. The summed E-state index contributed by atoms with van der Waals surface area (Å²) in [7, 11) is 0. The van der Waals surface area contributed by atoms with Gasteiger partial charge in [-0.3, -0.25) is 9.59 Å². The lowest BCUT2D eigenvalue weighted by atomic mass is 10.1. The zero-order valence-corrected chi connectivity index (χ0v) is 22.6. The second kappa shape index (κ2) is 14.6. The van der Waals surface area contributed by atoms with Gasteiger partial charge in [0.05, 0.1) is 22.7 Å². The Balaban J connectivity index is 1.66. The van der Waals surface area contributed by atoms with Crippen molar-refractivity contribution in [1.29, 1.82) is 0 Å². The van der Waals surface area contributed by atoms with Crippen LogP contribution in [0.1, 0.15) is 23.7 Å². The van der Waals surface area contributed by atoms with Crippen molar-refractivity contribution in [2.75, 3.05) is 13.2 Å². The van der Waals surface area contributed by atoms with Gasteiger partial charge in [0.1, 0.15) is 12.6 Å². The first-order valence-corrected chi connectivity index (χ1v) is 12.6. The van der Waals surface area contributed by atoms with Gasteiger partial charge in [-0.2, -0.15) is 5.10 Å². The smallest absolute Gasteiger partial charge is 0.408 e. The van der Waals surface area contributed by atoms with E-state index in [1.54, 1.807) is 18.3 Å². The summed E-state index contributed by atoms with van der Waals surface area (Å²) in [5.74, 6) is -0.397. The fourth-order valence-electron chi connectivity index (χ4n) is 3.19. The van der Waals surface area contributed by atoms with Crippen molar-refractivity contribution in [2.24, 2.45) is 10.8 Å². The summed E-state index contributed by atoms with van der Waals surface area (Å²) < 4.78 is 17.0. The molecule has 3 rings (SSSR count). The predicted octanol–water partition coefficient (Wildman–Crippen LogP) is 2.26. The summed E-state index contributed by atoms with van der Waals surface area (Å²) in [6, 6.07) is 11.6. The molecule has 0 aliphatic rings. The number of imidazole rings is 1. The van der Waals surface area contributed by atoms with E-state index in [0.29, 0.717) is 32.9 Å². The molecule has 3 aromatic rings. The van der Waals surface area contributed by atoms with Crippen LogP contribution in [0.4, 0.5) is 4.79 Å². The maximum atomic E-state index is 12.9. The molecule has 1 heterocycles. The molecule has 5 N–H and O–H groups in total. The maximum Gasteiger partial charge on any atom is 0.408 e. The van der Waals surface area contributed by atoms with Gasteiger partial charge >= 0.3 is 6.09 Å². The molecule has 38 heavy (non-hydrogen) atoms. The van der Waals surface area contributed by atoms with E-state index < -0.39 is 23.9 Å². The second-order valence-corrected chi connectivity index (χ2v) is 8.95. The predicted molar refractivity (Wildman–Crippen MR) is 147 cm³/mol. The van der Waals surface area contributed by atoms with Gasteiger partial charge in [0.2, 0.25) is 0 Å². The fourth-order valence-corrected chi connectivity index (χ4v) is 3.97. The highest BCUT2D eigenvalue weighted by atomic mass is 127.